The van der Waals surface area contributed by atoms with Gasteiger partial charge in [-0.1, -0.05) is 0 Å². The maximum Gasteiger partial charge on any atom is 0.0794 e. The third kappa shape index (κ3) is 2.90. The van der Waals surface area contributed by atoms with Crippen molar-refractivity contribution in [2.24, 2.45) is 7.05 Å². The fraction of sp³-hybridized carbons (Fsp3) is 0.455. The lowest BCUT2D eigenvalue weighted by Crippen LogP contribution is -2.20. The van der Waals surface area contributed by atoms with E-state index in [9.17, 15) is 0 Å². The van der Waals surface area contributed by atoms with Crippen LogP contribution in [0.5, 0.6) is 0 Å². The summed E-state index contributed by atoms with van der Waals surface area (Å²) in [7, 11) is 1.94. The molecule has 2 rings (SSSR count). The molecule has 16 heavy (non-hydrogen) atoms. The number of aryl methyl sites for hydroxylation is 1. The van der Waals surface area contributed by atoms with Crippen LogP contribution in [-0.2, 0) is 13.5 Å². The molecule has 0 aliphatic carbocycles. The number of rotatable bonds is 5. The van der Waals surface area contributed by atoms with E-state index in [2.05, 4.69) is 28.4 Å². The number of nitrogens with one attached hydrogen (secondary N) is 1. The molecule has 1 unspecified atom stereocenters. The number of nitrogens with zero attached hydrogens (tertiary/aromatic N) is 3. The van der Waals surface area contributed by atoms with Crippen LogP contribution in [0.3, 0.4) is 0 Å². The average molecular weight is 236 g/mol. The van der Waals surface area contributed by atoms with Crippen molar-refractivity contribution < 1.29 is 0 Å². The smallest absolute Gasteiger partial charge is 0.0794 e. The van der Waals surface area contributed by atoms with Crippen LogP contribution in [0, 0.1) is 0 Å². The van der Waals surface area contributed by atoms with E-state index in [-0.39, 0.29) is 0 Å². The molecule has 0 spiro atoms. The fourth-order valence-corrected chi connectivity index (χ4v) is 2.21. The molecule has 5 heteroatoms. The molecular formula is C11H16N4S. The first-order valence-corrected chi connectivity index (χ1v) is 6.24. The van der Waals surface area contributed by atoms with Gasteiger partial charge in [-0.25, -0.2) is 0 Å². The second-order valence-electron chi connectivity index (χ2n) is 3.81. The number of thiazole rings is 1. The molecule has 0 aromatic carbocycles. The van der Waals surface area contributed by atoms with Crippen LogP contribution >= 0.6 is 11.3 Å². The summed E-state index contributed by atoms with van der Waals surface area (Å²) in [6, 6.07) is 2.43. The van der Waals surface area contributed by atoms with E-state index in [0.29, 0.717) is 6.04 Å². The molecule has 2 heterocycles. The Labute approximate surface area is 99.3 Å². The quantitative estimate of drug-likeness (QED) is 0.860. The summed E-state index contributed by atoms with van der Waals surface area (Å²) in [5, 5.41) is 7.80. The van der Waals surface area contributed by atoms with Crippen LogP contribution in [0.2, 0.25) is 0 Å². The Kier molecular flexibility index (Phi) is 3.69. The Morgan fingerprint density at radius 1 is 1.56 bits per heavy atom. The van der Waals surface area contributed by atoms with Crippen LogP contribution in [0.15, 0.2) is 24.0 Å². The molecule has 2 aromatic rings. The molecule has 2 aromatic heterocycles. The van der Waals surface area contributed by atoms with Gasteiger partial charge >= 0.3 is 0 Å². The van der Waals surface area contributed by atoms with Gasteiger partial charge in [-0.05, 0) is 13.0 Å². The summed E-state index contributed by atoms with van der Waals surface area (Å²) in [6.45, 7) is 3.10. The van der Waals surface area contributed by atoms with Crippen molar-refractivity contribution in [3.05, 3.63) is 34.5 Å². The zero-order chi connectivity index (χ0) is 11.4. The molecule has 0 fully saturated rings. The minimum atomic E-state index is 0.371. The average Bonchev–Trinajstić information content (AvgIpc) is 2.89. The van der Waals surface area contributed by atoms with Gasteiger partial charge in [-0.3, -0.25) is 9.67 Å². The Morgan fingerprint density at radius 3 is 3.06 bits per heavy atom. The van der Waals surface area contributed by atoms with Crippen molar-refractivity contribution in [1.82, 2.24) is 20.1 Å². The van der Waals surface area contributed by atoms with Crippen molar-refractivity contribution in [3.63, 3.8) is 0 Å². The molecule has 1 atom stereocenters. The lowest BCUT2D eigenvalue weighted by molar-refractivity contribution is 0.577. The van der Waals surface area contributed by atoms with E-state index in [1.165, 1.54) is 4.88 Å². The third-order valence-electron chi connectivity index (χ3n) is 2.48. The Hall–Kier alpha value is -1.20. The molecule has 4 nitrogen and oxygen atoms in total. The summed E-state index contributed by atoms with van der Waals surface area (Å²) in [4.78, 5) is 5.35. The minimum absolute atomic E-state index is 0.371. The SMILES string of the molecule is CC(NCCc1ccn(C)n1)c1cncs1. The summed E-state index contributed by atoms with van der Waals surface area (Å²) in [5.74, 6) is 0. The molecule has 0 amide bonds. The Bertz CT molecular complexity index is 421. The second kappa shape index (κ2) is 5.23. The normalized spacial score (nSPS) is 12.9. The van der Waals surface area contributed by atoms with Gasteiger partial charge in [-0.2, -0.15) is 5.10 Å². The summed E-state index contributed by atoms with van der Waals surface area (Å²) in [5.41, 5.74) is 3.00. The summed E-state index contributed by atoms with van der Waals surface area (Å²) in [6.07, 6.45) is 4.86. The number of hydrogen-bond acceptors (Lipinski definition) is 4. The van der Waals surface area contributed by atoms with Crippen LogP contribution < -0.4 is 5.32 Å². The maximum absolute atomic E-state index is 4.34. The highest BCUT2D eigenvalue weighted by Gasteiger charge is 2.06. The summed E-state index contributed by atoms with van der Waals surface area (Å²) < 4.78 is 1.84. The van der Waals surface area contributed by atoms with E-state index in [0.717, 1.165) is 18.7 Å². The molecule has 0 aliphatic rings. The van der Waals surface area contributed by atoms with Gasteiger partial charge in [0.1, 0.15) is 0 Å². The molecule has 0 saturated heterocycles. The number of aromatic nitrogens is 3. The van der Waals surface area contributed by atoms with E-state index < -0.39 is 0 Å². The monoisotopic (exact) mass is 236 g/mol. The third-order valence-corrected chi connectivity index (χ3v) is 3.44. The molecule has 0 bridgehead atoms. The lowest BCUT2D eigenvalue weighted by atomic mass is 10.2. The van der Waals surface area contributed by atoms with Gasteiger partial charge < -0.3 is 5.32 Å². The topological polar surface area (TPSA) is 42.7 Å². The van der Waals surface area contributed by atoms with Crippen LogP contribution in [0.1, 0.15) is 23.5 Å². The Balaban J connectivity index is 1.76. The van der Waals surface area contributed by atoms with Gasteiger partial charge in [0.2, 0.25) is 0 Å². The van der Waals surface area contributed by atoms with E-state index in [4.69, 9.17) is 0 Å². The molecule has 0 radical (unpaired) electrons. The van der Waals surface area contributed by atoms with Crippen molar-refractivity contribution in [2.75, 3.05) is 6.54 Å². The van der Waals surface area contributed by atoms with Gasteiger partial charge in [0.05, 0.1) is 11.2 Å². The minimum Gasteiger partial charge on any atom is -0.309 e. The maximum atomic E-state index is 4.34. The highest BCUT2D eigenvalue weighted by Crippen LogP contribution is 2.15. The van der Waals surface area contributed by atoms with E-state index >= 15 is 0 Å². The zero-order valence-electron chi connectivity index (χ0n) is 9.55. The second-order valence-corrected chi connectivity index (χ2v) is 4.73. The van der Waals surface area contributed by atoms with Crippen LogP contribution in [-0.4, -0.2) is 21.3 Å². The van der Waals surface area contributed by atoms with Gasteiger partial charge in [0, 0.05) is 43.3 Å². The molecule has 86 valence electrons. The molecule has 0 aliphatic heterocycles. The van der Waals surface area contributed by atoms with E-state index in [1.54, 1.807) is 11.3 Å². The highest BCUT2D eigenvalue weighted by atomic mass is 32.1. The van der Waals surface area contributed by atoms with E-state index in [1.807, 2.05) is 29.6 Å². The highest BCUT2D eigenvalue weighted by molar-refractivity contribution is 7.09. The van der Waals surface area contributed by atoms with Crippen molar-refractivity contribution in [3.8, 4) is 0 Å². The first-order chi connectivity index (χ1) is 7.75. The van der Waals surface area contributed by atoms with Crippen LogP contribution in [0.25, 0.3) is 0 Å². The predicted molar refractivity (Wildman–Crippen MR) is 65.4 cm³/mol. The predicted octanol–water partition coefficient (Wildman–Crippen LogP) is 1.77. The standard InChI is InChI=1S/C11H16N4S/c1-9(11-7-12-8-16-11)13-5-3-10-4-6-15(2)14-10/h4,6-9,13H,3,5H2,1-2H3. The summed E-state index contributed by atoms with van der Waals surface area (Å²) >= 11 is 1.69. The molecular weight excluding hydrogens is 220 g/mol. The fourth-order valence-electron chi connectivity index (χ4n) is 1.55. The van der Waals surface area contributed by atoms with Crippen molar-refractivity contribution in [2.45, 2.75) is 19.4 Å². The lowest BCUT2D eigenvalue weighted by Gasteiger charge is -2.10. The molecule has 1 N–H and O–H groups in total. The first-order valence-electron chi connectivity index (χ1n) is 5.36. The van der Waals surface area contributed by atoms with Gasteiger partial charge in [0.25, 0.3) is 0 Å². The first kappa shape index (κ1) is 11.3. The van der Waals surface area contributed by atoms with Crippen molar-refractivity contribution in [1.29, 1.82) is 0 Å². The van der Waals surface area contributed by atoms with Gasteiger partial charge in [0.15, 0.2) is 0 Å². The van der Waals surface area contributed by atoms with Gasteiger partial charge in [-0.15, -0.1) is 11.3 Å². The van der Waals surface area contributed by atoms with Crippen molar-refractivity contribution >= 4 is 11.3 Å². The zero-order valence-corrected chi connectivity index (χ0v) is 10.4. The number of hydrogen-bond donors (Lipinski definition) is 1. The Morgan fingerprint density at radius 2 is 2.44 bits per heavy atom. The largest absolute Gasteiger partial charge is 0.309 e. The molecule has 0 saturated carbocycles. The van der Waals surface area contributed by atoms with Crippen LogP contribution in [0.4, 0.5) is 0 Å².